The molecule has 0 aromatic heterocycles. The molecule has 0 aliphatic carbocycles. The lowest BCUT2D eigenvalue weighted by Gasteiger charge is -2.30. The number of carbonyl (C=O) groups excluding carboxylic acids is 1. The van der Waals surface area contributed by atoms with Gasteiger partial charge in [0.25, 0.3) is 5.91 Å². The minimum Gasteiger partial charge on any atom is -0.378 e. The van der Waals surface area contributed by atoms with Gasteiger partial charge in [0, 0.05) is 35.6 Å². The molecule has 0 radical (unpaired) electrons. The lowest BCUT2D eigenvalue weighted by Crippen LogP contribution is -2.45. The van der Waals surface area contributed by atoms with Crippen LogP contribution < -0.4 is 20.9 Å². The molecular formula is C20H21BrN4OS. The van der Waals surface area contributed by atoms with Crippen LogP contribution in [0.1, 0.15) is 18.5 Å². The summed E-state index contributed by atoms with van der Waals surface area (Å²) in [5.74, 6) is -0.168. The van der Waals surface area contributed by atoms with Gasteiger partial charge in [0.05, 0.1) is 11.6 Å². The van der Waals surface area contributed by atoms with Gasteiger partial charge in [0.1, 0.15) is 0 Å². The fourth-order valence-corrected chi connectivity index (χ4v) is 3.48. The molecule has 0 spiro atoms. The van der Waals surface area contributed by atoms with Crippen LogP contribution in [0.3, 0.4) is 0 Å². The second-order valence-electron chi connectivity index (χ2n) is 6.52. The van der Waals surface area contributed by atoms with E-state index in [2.05, 4.69) is 31.9 Å². The molecule has 0 saturated carbocycles. The molecule has 1 amide bonds. The molecule has 1 aliphatic heterocycles. The number of hydrogen-bond acceptors (Lipinski definition) is 3. The molecule has 3 N–H and O–H groups in total. The first kappa shape index (κ1) is 19.4. The summed E-state index contributed by atoms with van der Waals surface area (Å²) in [4.78, 5) is 15.1. The predicted octanol–water partition coefficient (Wildman–Crippen LogP) is 3.95. The van der Waals surface area contributed by atoms with Crippen LogP contribution >= 0.6 is 28.1 Å². The SMILES string of the molecule is CC1=C(C(=O)Nc2ccc(Br)cc2)C(c2ccc(N(C)C)cc2)NC(=S)N1. The highest BCUT2D eigenvalue weighted by molar-refractivity contribution is 9.10. The Morgan fingerprint density at radius 1 is 1.11 bits per heavy atom. The molecule has 140 valence electrons. The lowest BCUT2D eigenvalue weighted by molar-refractivity contribution is -0.113. The quantitative estimate of drug-likeness (QED) is 0.623. The van der Waals surface area contributed by atoms with E-state index < -0.39 is 0 Å². The number of rotatable bonds is 4. The van der Waals surface area contributed by atoms with Crippen molar-refractivity contribution in [2.45, 2.75) is 13.0 Å². The Hall–Kier alpha value is -2.38. The maximum absolute atomic E-state index is 13.0. The summed E-state index contributed by atoms with van der Waals surface area (Å²) in [5.41, 5.74) is 4.17. The highest BCUT2D eigenvalue weighted by Gasteiger charge is 2.29. The first-order valence-electron chi connectivity index (χ1n) is 8.47. The molecule has 1 heterocycles. The van der Waals surface area contributed by atoms with Crippen molar-refractivity contribution in [3.63, 3.8) is 0 Å². The molecular weight excluding hydrogens is 424 g/mol. The second-order valence-corrected chi connectivity index (χ2v) is 7.84. The van der Waals surface area contributed by atoms with Gasteiger partial charge >= 0.3 is 0 Å². The molecule has 0 fully saturated rings. The Balaban J connectivity index is 1.91. The topological polar surface area (TPSA) is 56.4 Å². The van der Waals surface area contributed by atoms with Gasteiger partial charge < -0.3 is 20.9 Å². The van der Waals surface area contributed by atoms with E-state index in [9.17, 15) is 4.79 Å². The highest BCUT2D eigenvalue weighted by Crippen LogP contribution is 2.29. The van der Waals surface area contributed by atoms with Gasteiger partial charge in [-0.2, -0.15) is 0 Å². The van der Waals surface area contributed by atoms with Crippen LogP contribution in [0.15, 0.2) is 64.3 Å². The normalized spacial score (nSPS) is 16.4. The molecule has 27 heavy (non-hydrogen) atoms. The number of allylic oxidation sites excluding steroid dienone is 1. The number of amides is 1. The zero-order valence-electron chi connectivity index (χ0n) is 15.3. The van der Waals surface area contributed by atoms with E-state index in [1.807, 2.05) is 74.4 Å². The Kier molecular flexibility index (Phi) is 5.82. The molecule has 1 atom stereocenters. The summed E-state index contributed by atoms with van der Waals surface area (Å²) in [6, 6.07) is 15.3. The van der Waals surface area contributed by atoms with Crippen LogP contribution in [0.5, 0.6) is 0 Å². The van der Waals surface area contributed by atoms with Gasteiger partial charge in [-0.1, -0.05) is 28.1 Å². The summed E-state index contributed by atoms with van der Waals surface area (Å²) in [6.07, 6.45) is 0. The third kappa shape index (κ3) is 4.48. The summed E-state index contributed by atoms with van der Waals surface area (Å²) in [7, 11) is 3.99. The largest absolute Gasteiger partial charge is 0.378 e. The number of anilines is 2. The number of halogens is 1. The molecule has 1 unspecified atom stereocenters. The van der Waals surface area contributed by atoms with E-state index in [1.165, 1.54) is 0 Å². The van der Waals surface area contributed by atoms with Crippen molar-refractivity contribution in [3.8, 4) is 0 Å². The molecule has 2 aromatic rings. The van der Waals surface area contributed by atoms with Gasteiger partial charge in [-0.15, -0.1) is 0 Å². The van der Waals surface area contributed by atoms with E-state index >= 15 is 0 Å². The third-order valence-electron chi connectivity index (χ3n) is 4.36. The maximum Gasteiger partial charge on any atom is 0.255 e. The van der Waals surface area contributed by atoms with Crippen molar-refractivity contribution < 1.29 is 4.79 Å². The van der Waals surface area contributed by atoms with Gasteiger partial charge in [-0.3, -0.25) is 4.79 Å². The van der Waals surface area contributed by atoms with E-state index in [-0.39, 0.29) is 11.9 Å². The molecule has 3 rings (SSSR count). The Morgan fingerprint density at radius 3 is 2.33 bits per heavy atom. The van der Waals surface area contributed by atoms with Crippen LogP contribution in [0.25, 0.3) is 0 Å². The van der Waals surface area contributed by atoms with Crippen molar-refractivity contribution in [1.82, 2.24) is 10.6 Å². The molecule has 0 saturated heterocycles. The fourth-order valence-electron chi connectivity index (χ4n) is 2.94. The molecule has 1 aliphatic rings. The van der Waals surface area contributed by atoms with Crippen molar-refractivity contribution in [2.24, 2.45) is 0 Å². The Morgan fingerprint density at radius 2 is 1.74 bits per heavy atom. The van der Waals surface area contributed by atoms with Crippen molar-refractivity contribution >= 4 is 50.5 Å². The standard InChI is InChI=1S/C20H21BrN4OS/c1-12-17(19(26)23-15-8-6-14(21)7-9-15)18(24-20(27)22-12)13-4-10-16(11-5-13)25(2)3/h4-11,18H,1-3H3,(H,23,26)(H2,22,24,27). The van der Waals surface area contributed by atoms with E-state index in [0.29, 0.717) is 10.7 Å². The van der Waals surface area contributed by atoms with Gasteiger partial charge in [0.2, 0.25) is 0 Å². The zero-order chi connectivity index (χ0) is 19.6. The summed E-state index contributed by atoms with van der Waals surface area (Å²) >= 11 is 8.71. The average molecular weight is 445 g/mol. The van der Waals surface area contributed by atoms with E-state index in [0.717, 1.165) is 27.1 Å². The molecule has 2 aromatic carbocycles. The number of carbonyl (C=O) groups is 1. The lowest BCUT2D eigenvalue weighted by atomic mass is 9.94. The minimum absolute atomic E-state index is 0.168. The van der Waals surface area contributed by atoms with Crippen molar-refractivity contribution in [3.05, 3.63) is 69.8 Å². The van der Waals surface area contributed by atoms with Crippen molar-refractivity contribution in [1.29, 1.82) is 0 Å². The summed E-state index contributed by atoms with van der Waals surface area (Å²) < 4.78 is 0.959. The van der Waals surface area contributed by atoms with E-state index in [4.69, 9.17) is 12.2 Å². The van der Waals surface area contributed by atoms with Crippen LogP contribution in [-0.4, -0.2) is 25.1 Å². The summed E-state index contributed by atoms with van der Waals surface area (Å²) in [5, 5.41) is 9.75. The molecule has 7 heteroatoms. The number of benzene rings is 2. The third-order valence-corrected chi connectivity index (χ3v) is 5.11. The zero-order valence-corrected chi connectivity index (χ0v) is 17.7. The Bertz CT molecular complexity index is 891. The van der Waals surface area contributed by atoms with Gasteiger partial charge in [-0.05, 0) is 61.1 Å². The fraction of sp³-hybridized carbons (Fsp3) is 0.200. The second kappa shape index (κ2) is 8.10. The summed E-state index contributed by atoms with van der Waals surface area (Å²) in [6.45, 7) is 1.87. The van der Waals surface area contributed by atoms with Crippen LogP contribution in [0.2, 0.25) is 0 Å². The van der Waals surface area contributed by atoms with Crippen LogP contribution in [-0.2, 0) is 4.79 Å². The maximum atomic E-state index is 13.0. The monoisotopic (exact) mass is 444 g/mol. The average Bonchev–Trinajstić information content (AvgIpc) is 2.63. The first-order chi connectivity index (χ1) is 12.8. The van der Waals surface area contributed by atoms with E-state index in [1.54, 1.807) is 0 Å². The number of thiocarbonyl (C=S) groups is 1. The van der Waals surface area contributed by atoms with Crippen LogP contribution in [0, 0.1) is 0 Å². The van der Waals surface area contributed by atoms with Crippen LogP contribution in [0.4, 0.5) is 11.4 Å². The minimum atomic E-state index is -0.314. The number of nitrogens with one attached hydrogen (secondary N) is 3. The highest BCUT2D eigenvalue weighted by atomic mass is 79.9. The van der Waals surface area contributed by atoms with Gasteiger partial charge in [0.15, 0.2) is 5.11 Å². The first-order valence-corrected chi connectivity index (χ1v) is 9.68. The number of hydrogen-bond donors (Lipinski definition) is 3. The smallest absolute Gasteiger partial charge is 0.255 e. The Labute approximate surface area is 173 Å². The molecule has 0 bridgehead atoms. The van der Waals surface area contributed by atoms with Crippen molar-refractivity contribution in [2.75, 3.05) is 24.3 Å². The predicted molar refractivity (Wildman–Crippen MR) is 118 cm³/mol. The molecule has 5 nitrogen and oxygen atoms in total. The van der Waals surface area contributed by atoms with Gasteiger partial charge in [-0.25, -0.2) is 0 Å². The number of nitrogens with zero attached hydrogens (tertiary/aromatic N) is 1.